The molecule has 0 aliphatic rings. The molecule has 1 unspecified atom stereocenters. The summed E-state index contributed by atoms with van der Waals surface area (Å²) in [7, 11) is 0. The molecule has 0 spiro atoms. The molecule has 14 heavy (non-hydrogen) atoms. The van der Waals surface area contributed by atoms with E-state index in [2.05, 4.69) is 13.8 Å². The van der Waals surface area contributed by atoms with Gasteiger partial charge in [0.15, 0.2) is 0 Å². The minimum absolute atomic E-state index is 0.273. The van der Waals surface area contributed by atoms with Crippen LogP contribution in [-0.4, -0.2) is 30.4 Å². The van der Waals surface area contributed by atoms with Crippen molar-refractivity contribution in [1.29, 1.82) is 0 Å². The lowest BCUT2D eigenvalue weighted by Crippen LogP contribution is -2.36. The van der Waals surface area contributed by atoms with Crippen molar-refractivity contribution in [2.75, 3.05) is 19.6 Å². The first-order valence-corrected chi connectivity index (χ1v) is 5.63. The second-order valence-corrected chi connectivity index (χ2v) is 3.88. The van der Waals surface area contributed by atoms with Crippen LogP contribution < -0.4 is 5.73 Å². The maximum Gasteiger partial charge on any atom is 0.222 e. The monoisotopic (exact) mass is 200 g/mol. The normalized spacial score (nSPS) is 12.6. The summed E-state index contributed by atoms with van der Waals surface area (Å²) < 4.78 is 0. The van der Waals surface area contributed by atoms with Crippen LogP contribution in [-0.2, 0) is 4.79 Å². The average molecular weight is 200 g/mol. The highest BCUT2D eigenvalue weighted by molar-refractivity contribution is 5.76. The van der Waals surface area contributed by atoms with E-state index in [9.17, 15) is 4.79 Å². The largest absolute Gasteiger partial charge is 0.343 e. The van der Waals surface area contributed by atoms with Crippen molar-refractivity contribution in [1.82, 2.24) is 4.90 Å². The van der Waals surface area contributed by atoms with Crippen molar-refractivity contribution in [2.45, 2.75) is 40.0 Å². The maximum absolute atomic E-state index is 11.7. The van der Waals surface area contributed by atoms with Gasteiger partial charge in [0.25, 0.3) is 0 Å². The zero-order valence-electron chi connectivity index (χ0n) is 9.75. The van der Waals surface area contributed by atoms with Gasteiger partial charge >= 0.3 is 0 Å². The van der Waals surface area contributed by atoms with E-state index in [-0.39, 0.29) is 5.91 Å². The molecule has 0 rings (SSSR count). The van der Waals surface area contributed by atoms with Crippen molar-refractivity contribution in [3.8, 4) is 0 Å². The minimum Gasteiger partial charge on any atom is -0.343 e. The minimum atomic E-state index is 0.273. The predicted molar refractivity (Wildman–Crippen MR) is 60.0 cm³/mol. The molecule has 1 amide bonds. The molecule has 3 heteroatoms. The average Bonchev–Trinajstić information content (AvgIpc) is 2.21. The van der Waals surface area contributed by atoms with Crippen molar-refractivity contribution < 1.29 is 4.79 Å². The zero-order chi connectivity index (χ0) is 11.0. The molecule has 84 valence electrons. The molecule has 0 aromatic rings. The van der Waals surface area contributed by atoms with Gasteiger partial charge in [-0.1, -0.05) is 20.3 Å². The van der Waals surface area contributed by atoms with E-state index in [0.717, 1.165) is 25.9 Å². The Labute approximate surface area is 87.6 Å². The van der Waals surface area contributed by atoms with Crippen LogP contribution in [0.25, 0.3) is 0 Å². The van der Waals surface area contributed by atoms with Gasteiger partial charge in [-0.15, -0.1) is 0 Å². The SMILES string of the molecule is CCCCC(=O)N(CC)CC(C)CN. The Balaban J connectivity index is 3.92. The molecule has 3 nitrogen and oxygen atoms in total. The molecule has 0 bridgehead atoms. The van der Waals surface area contributed by atoms with Crippen molar-refractivity contribution in [3.63, 3.8) is 0 Å². The van der Waals surface area contributed by atoms with Crippen LogP contribution in [0.3, 0.4) is 0 Å². The highest BCUT2D eigenvalue weighted by atomic mass is 16.2. The van der Waals surface area contributed by atoms with Gasteiger partial charge in [-0.3, -0.25) is 4.79 Å². The van der Waals surface area contributed by atoms with Crippen molar-refractivity contribution in [3.05, 3.63) is 0 Å². The van der Waals surface area contributed by atoms with Crippen LogP contribution in [0, 0.1) is 5.92 Å². The van der Waals surface area contributed by atoms with E-state index >= 15 is 0 Å². The molecule has 0 aromatic carbocycles. The molecule has 0 heterocycles. The van der Waals surface area contributed by atoms with Crippen LogP contribution in [0.15, 0.2) is 0 Å². The van der Waals surface area contributed by atoms with Gasteiger partial charge in [-0.25, -0.2) is 0 Å². The van der Waals surface area contributed by atoms with Gasteiger partial charge in [0.2, 0.25) is 5.91 Å². The fourth-order valence-corrected chi connectivity index (χ4v) is 1.34. The Bertz CT molecular complexity index is 159. The summed E-state index contributed by atoms with van der Waals surface area (Å²) in [6, 6.07) is 0. The molecule has 1 atom stereocenters. The molecular formula is C11H24N2O. The van der Waals surface area contributed by atoms with Gasteiger partial charge in [0.1, 0.15) is 0 Å². The number of unbranched alkanes of at least 4 members (excludes halogenated alkanes) is 1. The number of amides is 1. The molecule has 0 aliphatic heterocycles. The Morgan fingerprint density at radius 2 is 2.07 bits per heavy atom. The fraction of sp³-hybridized carbons (Fsp3) is 0.909. The van der Waals surface area contributed by atoms with Crippen LogP contribution in [0.4, 0.5) is 0 Å². The maximum atomic E-state index is 11.7. The molecule has 0 aromatic heterocycles. The second kappa shape index (κ2) is 7.80. The lowest BCUT2D eigenvalue weighted by atomic mass is 10.1. The first kappa shape index (κ1) is 13.4. The smallest absolute Gasteiger partial charge is 0.222 e. The Hall–Kier alpha value is -0.570. The lowest BCUT2D eigenvalue weighted by Gasteiger charge is -2.23. The Kier molecular flexibility index (Phi) is 7.48. The summed E-state index contributed by atoms with van der Waals surface area (Å²) in [5, 5.41) is 0. The number of carbonyl (C=O) groups excluding carboxylic acids is 1. The van der Waals surface area contributed by atoms with E-state index in [1.54, 1.807) is 0 Å². The number of rotatable bonds is 7. The number of nitrogens with two attached hydrogens (primary N) is 1. The Morgan fingerprint density at radius 3 is 2.50 bits per heavy atom. The third-order valence-corrected chi connectivity index (χ3v) is 2.41. The summed E-state index contributed by atoms with van der Waals surface area (Å²) in [5.74, 6) is 0.676. The molecule has 0 aliphatic carbocycles. The third-order valence-electron chi connectivity index (χ3n) is 2.41. The number of carbonyl (C=O) groups is 1. The Morgan fingerprint density at radius 1 is 1.43 bits per heavy atom. The highest BCUT2D eigenvalue weighted by Gasteiger charge is 2.13. The van der Waals surface area contributed by atoms with Gasteiger partial charge in [0.05, 0.1) is 0 Å². The first-order chi connectivity index (χ1) is 6.65. The van der Waals surface area contributed by atoms with Crippen LogP contribution >= 0.6 is 0 Å². The number of hydrogen-bond donors (Lipinski definition) is 1. The molecule has 0 saturated carbocycles. The summed E-state index contributed by atoms with van der Waals surface area (Å²) in [6.07, 6.45) is 2.75. The second-order valence-electron chi connectivity index (χ2n) is 3.88. The van der Waals surface area contributed by atoms with E-state index in [1.807, 2.05) is 11.8 Å². The van der Waals surface area contributed by atoms with Crippen molar-refractivity contribution >= 4 is 5.91 Å². The standard InChI is InChI=1S/C11H24N2O/c1-4-6-7-11(14)13(5-2)9-10(3)8-12/h10H,4-9,12H2,1-3H3. The zero-order valence-corrected chi connectivity index (χ0v) is 9.75. The summed E-state index contributed by atoms with van der Waals surface area (Å²) >= 11 is 0. The molecule has 0 fully saturated rings. The number of nitrogens with zero attached hydrogens (tertiary/aromatic N) is 1. The number of hydrogen-bond acceptors (Lipinski definition) is 2. The molecular weight excluding hydrogens is 176 g/mol. The van der Waals surface area contributed by atoms with Crippen LogP contribution in [0.1, 0.15) is 40.0 Å². The van der Waals surface area contributed by atoms with Gasteiger partial charge in [-0.05, 0) is 25.8 Å². The van der Waals surface area contributed by atoms with E-state index in [0.29, 0.717) is 18.9 Å². The molecule has 0 radical (unpaired) electrons. The van der Waals surface area contributed by atoms with E-state index < -0.39 is 0 Å². The summed E-state index contributed by atoms with van der Waals surface area (Å²) in [5.41, 5.74) is 5.54. The molecule has 0 saturated heterocycles. The van der Waals surface area contributed by atoms with Gasteiger partial charge < -0.3 is 10.6 Å². The summed E-state index contributed by atoms with van der Waals surface area (Å²) in [4.78, 5) is 13.6. The van der Waals surface area contributed by atoms with Crippen molar-refractivity contribution in [2.24, 2.45) is 11.7 Å². The van der Waals surface area contributed by atoms with E-state index in [1.165, 1.54) is 0 Å². The third kappa shape index (κ3) is 5.22. The summed E-state index contributed by atoms with van der Waals surface area (Å²) in [6.45, 7) is 8.45. The molecule has 2 N–H and O–H groups in total. The van der Waals surface area contributed by atoms with Gasteiger partial charge in [0, 0.05) is 19.5 Å². The quantitative estimate of drug-likeness (QED) is 0.679. The predicted octanol–water partition coefficient (Wildman–Crippen LogP) is 1.62. The fourth-order valence-electron chi connectivity index (χ4n) is 1.34. The van der Waals surface area contributed by atoms with Crippen LogP contribution in [0.2, 0.25) is 0 Å². The topological polar surface area (TPSA) is 46.3 Å². The highest BCUT2D eigenvalue weighted by Crippen LogP contribution is 2.04. The first-order valence-electron chi connectivity index (χ1n) is 5.63. The lowest BCUT2D eigenvalue weighted by molar-refractivity contribution is -0.131. The van der Waals surface area contributed by atoms with Crippen LogP contribution in [0.5, 0.6) is 0 Å². The van der Waals surface area contributed by atoms with E-state index in [4.69, 9.17) is 5.73 Å². The van der Waals surface area contributed by atoms with Gasteiger partial charge in [-0.2, -0.15) is 0 Å².